The molecule has 2 N–H and O–H groups in total. The quantitative estimate of drug-likeness (QED) is 0.776. The van der Waals surface area contributed by atoms with E-state index in [1.54, 1.807) is 0 Å². The first-order valence-corrected chi connectivity index (χ1v) is 7.12. The minimum Gasteiger partial charge on any atom is -0.396 e. The van der Waals surface area contributed by atoms with Gasteiger partial charge in [-0.15, -0.1) is 0 Å². The molecule has 0 saturated heterocycles. The van der Waals surface area contributed by atoms with Crippen molar-refractivity contribution in [2.45, 2.75) is 45.6 Å². The van der Waals surface area contributed by atoms with Gasteiger partial charge in [0.1, 0.15) is 0 Å². The maximum absolute atomic E-state index is 9.30. The molecule has 0 aliphatic heterocycles. The molecular weight excluding hydrogens is 222 g/mol. The maximum atomic E-state index is 9.30. The number of aryl methyl sites for hydroxylation is 1. The summed E-state index contributed by atoms with van der Waals surface area (Å²) in [6.45, 7) is 5.66. The van der Waals surface area contributed by atoms with Crippen LogP contribution in [-0.2, 0) is 6.42 Å². The lowest BCUT2D eigenvalue weighted by atomic mass is 10.0. The van der Waals surface area contributed by atoms with E-state index in [-0.39, 0.29) is 5.41 Å². The zero-order valence-corrected chi connectivity index (χ0v) is 11.6. The third-order valence-corrected chi connectivity index (χ3v) is 4.09. The Hall–Kier alpha value is -0.860. The van der Waals surface area contributed by atoms with Crippen molar-refractivity contribution in [2.75, 3.05) is 13.2 Å². The summed E-state index contributed by atoms with van der Waals surface area (Å²) in [5.41, 5.74) is 2.95. The van der Waals surface area contributed by atoms with Crippen LogP contribution in [0.5, 0.6) is 0 Å². The SMILES string of the molecule is CCCc1ccc(C(C)NCC2(CO)CC2)cc1. The third-order valence-electron chi connectivity index (χ3n) is 4.09. The second kappa shape index (κ2) is 5.85. The van der Waals surface area contributed by atoms with E-state index in [2.05, 4.69) is 43.4 Å². The summed E-state index contributed by atoms with van der Waals surface area (Å²) in [4.78, 5) is 0. The Morgan fingerprint density at radius 3 is 2.44 bits per heavy atom. The highest BCUT2D eigenvalue weighted by atomic mass is 16.3. The van der Waals surface area contributed by atoms with Crippen LogP contribution in [0.3, 0.4) is 0 Å². The minimum absolute atomic E-state index is 0.191. The first kappa shape index (κ1) is 13.6. The number of hydrogen-bond donors (Lipinski definition) is 2. The van der Waals surface area contributed by atoms with Crippen molar-refractivity contribution in [3.05, 3.63) is 35.4 Å². The van der Waals surface area contributed by atoms with Crippen LogP contribution in [0, 0.1) is 5.41 Å². The summed E-state index contributed by atoms with van der Waals surface area (Å²) in [6, 6.07) is 9.28. The zero-order valence-electron chi connectivity index (χ0n) is 11.6. The minimum atomic E-state index is 0.191. The summed E-state index contributed by atoms with van der Waals surface area (Å²) >= 11 is 0. The largest absolute Gasteiger partial charge is 0.396 e. The van der Waals surface area contributed by atoms with Crippen LogP contribution in [0.4, 0.5) is 0 Å². The molecule has 1 atom stereocenters. The van der Waals surface area contributed by atoms with Gasteiger partial charge in [0.15, 0.2) is 0 Å². The lowest BCUT2D eigenvalue weighted by molar-refractivity contribution is 0.204. The Kier molecular flexibility index (Phi) is 4.41. The fourth-order valence-corrected chi connectivity index (χ4v) is 2.32. The van der Waals surface area contributed by atoms with Crippen molar-refractivity contribution in [1.82, 2.24) is 5.32 Å². The molecule has 0 radical (unpaired) electrons. The smallest absolute Gasteiger partial charge is 0.0499 e. The standard InChI is InChI=1S/C16H25NO/c1-3-4-14-5-7-15(8-6-14)13(2)17-11-16(12-18)9-10-16/h5-8,13,17-18H,3-4,9-12H2,1-2H3. The van der Waals surface area contributed by atoms with Crippen LogP contribution < -0.4 is 5.32 Å². The predicted octanol–water partition coefficient (Wildman–Crippen LogP) is 3.06. The van der Waals surface area contributed by atoms with E-state index in [1.165, 1.54) is 30.4 Å². The first-order valence-electron chi connectivity index (χ1n) is 7.12. The number of hydrogen-bond acceptors (Lipinski definition) is 2. The number of benzene rings is 1. The van der Waals surface area contributed by atoms with Crippen molar-refractivity contribution in [2.24, 2.45) is 5.41 Å². The van der Waals surface area contributed by atoms with Crippen LogP contribution in [0.25, 0.3) is 0 Å². The van der Waals surface area contributed by atoms with E-state index in [1.807, 2.05) is 0 Å². The lowest BCUT2D eigenvalue weighted by Crippen LogP contribution is -2.28. The van der Waals surface area contributed by atoms with Crippen LogP contribution in [0.15, 0.2) is 24.3 Å². The first-order chi connectivity index (χ1) is 8.69. The Labute approximate surface area is 110 Å². The van der Waals surface area contributed by atoms with E-state index < -0.39 is 0 Å². The normalized spacial score (nSPS) is 18.6. The van der Waals surface area contributed by atoms with Crippen molar-refractivity contribution >= 4 is 0 Å². The van der Waals surface area contributed by atoms with Crippen molar-refractivity contribution in [3.63, 3.8) is 0 Å². The Morgan fingerprint density at radius 2 is 1.94 bits per heavy atom. The monoisotopic (exact) mass is 247 g/mol. The molecule has 18 heavy (non-hydrogen) atoms. The van der Waals surface area contributed by atoms with E-state index in [0.29, 0.717) is 12.6 Å². The second-order valence-corrected chi connectivity index (χ2v) is 5.75. The van der Waals surface area contributed by atoms with Gasteiger partial charge in [0.25, 0.3) is 0 Å². The molecule has 2 nitrogen and oxygen atoms in total. The van der Waals surface area contributed by atoms with Gasteiger partial charge < -0.3 is 10.4 Å². The molecule has 0 aromatic heterocycles. The Bertz CT molecular complexity index is 367. The van der Waals surface area contributed by atoms with Gasteiger partial charge in [-0.25, -0.2) is 0 Å². The van der Waals surface area contributed by atoms with Gasteiger partial charge >= 0.3 is 0 Å². The predicted molar refractivity (Wildman–Crippen MR) is 75.6 cm³/mol. The molecule has 0 amide bonds. The molecule has 2 rings (SSSR count). The molecule has 0 spiro atoms. The molecule has 1 aromatic rings. The molecule has 1 aromatic carbocycles. The summed E-state index contributed by atoms with van der Waals surface area (Å²) in [5, 5.41) is 12.8. The van der Waals surface area contributed by atoms with Crippen LogP contribution in [0.1, 0.15) is 50.3 Å². The van der Waals surface area contributed by atoms with E-state index in [9.17, 15) is 5.11 Å². The van der Waals surface area contributed by atoms with E-state index in [4.69, 9.17) is 0 Å². The third kappa shape index (κ3) is 3.33. The van der Waals surface area contributed by atoms with Crippen LogP contribution >= 0.6 is 0 Å². The highest BCUT2D eigenvalue weighted by Crippen LogP contribution is 2.44. The molecule has 1 saturated carbocycles. The topological polar surface area (TPSA) is 32.3 Å². The maximum Gasteiger partial charge on any atom is 0.0499 e. The highest BCUT2D eigenvalue weighted by molar-refractivity contribution is 5.24. The Morgan fingerprint density at radius 1 is 1.28 bits per heavy atom. The molecule has 1 aliphatic rings. The summed E-state index contributed by atoms with van der Waals surface area (Å²) in [6.07, 6.45) is 4.69. The molecular formula is C16H25NO. The number of nitrogens with one attached hydrogen (secondary N) is 1. The highest BCUT2D eigenvalue weighted by Gasteiger charge is 2.41. The number of aliphatic hydroxyl groups is 1. The second-order valence-electron chi connectivity index (χ2n) is 5.75. The van der Waals surface area contributed by atoms with Gasteiger partial charge in [0.2, 0.25) is 0 Å². The van der Waals surface area contributed by atoms with Gasteiger partial charge in [0, 0.05) is 24.6 Å². The molecule has 0 heterocycles. The van der Waals surface area contributed by atoms with Crippen LogP contribution in [0.2, 0.25) is 0 Å². The van der Waals surface area contributed by atoms with Crippen molar-refractivity contribution in [1.29, 1.82) is 0 Å². The fraction of sp³-hybridized carbons (Fsp3) is 0.625. The summed E-state index contributed by atoms with van der Waals surface area (Å²) in [5.74, 6) is 0. The molecule has 1 unspecified atom stereocenters. The fourth-order valence-electron chi connectivity index (χ4n) is 2.32. The van der Waals surface area contributed by atoms with Crippen molar-refractivity contribution < 1.29 is 5.11 Å². The van der Waals surface area contributed by atoms with Gasteiger partial charge in [0.05, 0.1) is 0 Å². The van der Waals surface area contributed by atoms with E-state index >= 15 is 0 Å². The average Bonchev–Trinajstić information content (AvgIpc) is 3.18. The van der Waals surface area contributed by atoms with Crippen LogP contribution in [-0.4, -0.2) is 18.3 Å². The van der Waals surface area contributed by atoms with E-state index in [0.717, 1.165) is 13.0 Å². The Balaban J connectivity index is 1.86. The molecule has 1 aliphatic carbocycles. The van der Waals surface area contributed by atoms with Gasteiger partial charge in [-0.05, 0) is 37.3 Å². The number of rotatable bonds is 7. The lowest BCUT2D eigenvalue weighted by Gasteiger charge is -2.19. The molecule has 2 heteroatoms. The van der Waals surface area contributed by atoms with Gasteiger partial charge in [-0.3, -0.25) is 0 Å². The average molecular weight is 247 g/mol. The van der Waals surface area contributed by atoms with Gasteiger partial charge in [-0.1, -0.05) is 37.6 Å². The van der Waals surface area contributed by atoms with Gasteiger partial charge in [-0.2, -0.15) is 0 Å². The summed E-state index contributed by atoms with van der Waals surface area (Å²) in [7, 11) is 0. The molecule has 0 bridgehead atoms. The van der Waals surface area contributed by atoms with Crippen molar-refractivity contribution in [3.8, 4) is 0 Å². The zero-order chi connectivity index (χ0) is 13.0. The molecule has 100 valence electrons. The summed E-state index contributed by atoms with van der Waals surface area (Å²) < 4.78 is 0. The number of aliphatic hydroxyl groups excluding tert-OH is 1. The molecule has 1 fully saturated rings.